The van der Waals surface area contributed by atoms with E-state index in [0.717, 1.165) is 37.9 Å². The number of nitrogens with zero attached hydrogens (tertiary/aromatic N) is 3. The van der Waals surface area contributed by atoms with Gasteiger partial charge in [0.25, 0.3) is 0 Å². The van der Waals surface area contributed by atoms with Gasteiger partial charge in [0, 0.05) is 19.7 Å². The molecule has 1 fully saturated rings. The Bertz CT molecular complexity index is 344. The van der Waals surface area contributed by atoms with Gasteiger partial charge in [-0.15, -0.1) is 0 Å². The van der Waals surface area contributed by atoms with Gasteiger partial charge in [-0.25, -0.2) is 0 Å². The normalized spacial score (nSPS) is 21.7. The fraction of sp³-hybridized carbons (Fsp3) is 0.600. The summed E-state index contributed by atoms with van der Waals surface area (Å²) in [4.78, 5) is 12.7. The molecule has 5 heteroatoms. The van der Waals surface area contributed by atoms with Crippen LogP contribution in [0.5, 0.6) is 0 Å². The van der Waals surface area contributed by atoms with Gasteiger partial charge in [0.2, 0.25) is 6.41 Å². The largest absolute Gasteiger partial charge is 0.337 e. The van der Waals surface area contributed by atoms with Gasteiger partial charge < -0.3 is 4.90 Å². The first kappa shape index (κ1) is 10.5. The lowest BCUT2D eigenvalue weighted by Crippen LogP contribution is -2.32. The molecule has 15 heavy (non-hydrogen) atoms. The van der Waals surface area contributed by atoms with Gasteiger partial charge in [0.05, 0.1) is 11.7 Å². The molecular weight excluding hydrogens is 214 g/mol. The summed E-state index contributed by atoms with van der Waals surface area (Å²) in [6.07, 6.45) is 4.11. The zero-order chi connectivity index (χ0) is 10.8. The van der Waals surface area contributed by atoms with Crippen LogP contribution < -0.4 is 0 Å². The summed E-state index contributed by atoms with van der Waals surface area (Å²) in [5.74, 6) is 0. The summed E-state index contributed by atoms with van der Waals surface area (Å²) in [5.41, 5.74) is 0.898. The third-order valence-corrected chi connectivity index (χ3v) is 3.22. The number of aryl methyl sites for hydroxylation is 1. The van der Waals surface area contributed by atoms with Crippen molar-refractivity contribution in [3.8, 4) is 0 Å². The van der Waals surface area contributed by atoms with Gasteiger partial charge in [0.1, 0.15) is 5.15 Å². The molecule has 1 amide bonds. The van der Waals surface area contributed by atoms with Gasteiger partial charge in [-0.1, -0.05) is 11.6 Å². The first-order valence-corrected chi connectivity index (χ1v) is 5.50. The smallest absolute Gasteiger partial charge is 0.210 e. The monoisotopic (exact) mass is 227 g/mol. The first-order chi connectivity index (χ1) is 7.22. The molecule has 0 N–H and O–H groups in total. The van der Waals surface area contributed by atoms with Gasteiger partial charge in [-0.05, 0) is 19.3 Å². The second-order valence-electron chi connectivity index (χ2n) is 3.87. The van der Waals surface area contributed by atoms with Crippen molar-refractivity contribution in [3.63, 3.8) is 0 Å². The molecule has 0 aliphatic carbocycles. The van der Waals surface area contributed by atoms with Crippen LogP contribution in [0, 0.1) is 0 Å². The van der Waals surface area contributed by atoms with Crippen LogP contribution in [0.4, 0.5) is 0 Å². The van der Waals surface area contributed by atoms with E-state index in [9.17, 15) is 4.79 Å². The van der Waals surface area contributed by atoms with Crippen LogP contribution in [-0.4, -0.2) is 27.6 Å². The molecule has 1 saturated heterocycles. The lowest BCUT2D eigenvalue weighted by atomic mass is 10.0. The Balaban J connectivity index is 2.23. The van der Waals surface area contributed by atoms with E-state index in [-0.39, 0.29) is 6.04 Å². The van der Waals surface area contributed by atoms with Crippen molar-refractivity contribution in [3.05, 3.63) is 16.9 Å². The van der Waals surface area contributed by atoms with E-state index in [4.69, 9.17) is 11.6 Å². The molecule has 82 valence electrons. The molecule has 0 saturated carbocycles. The highest BCUT2D eigenvalue weighted by molar-refractivity contribution is 6.29. The van der Waals surface area contributed by atoms with Gasteiger partial charge in [0.15, 0.2) is 0 Å². The topological polar surface area (TPSA) is 38.1 Å². The third kappa shape index (κ3) is 2.00. The van der Waals surface area contributed by atoms with Crippen molar-refractivity contribution in [1.82, 2.24) is 14.7 Å². The standard InChI is InChI=1S/C10H14ClN3O/c1-13-10(11)6-8(12-13)9-4-2-3-5-14(9)7-15/h6-7,9H,2-5H2,1H3/t9-/m0/s1. The Morgan fingerprint density at radius 3 is 3.00 bits per heavy atom. The number of hydrogen-bond acceptors (Lipinski definition) is 2. The number of piperidine rings is 1. The van der Waals surface area contributed by atoms with E-state index < -0.39 is 0 Å². The molecule has 1 aromatic heterocycles. The van der Waals surface area contributed by atoms with Crippen LogP contribution in [0.2, 0.25) is 5.15 Å². The van der Waals surface area contributed by atoms with E-state index in [1.165, 1.54) is 0 Å². The molecule has 0 bridgehead atoms. The number of hydrogen-bond donors (Lipinski definition) is 0. The number of amides is 1. The predicted octanol–water partition coefficient (Wildman–Crippen LogP) is 1.76. The Labute approximate surface area is 93.8 Å². The summed E-state index contributed by atoms with van der Waals surface area (Å²) in [6, 6.07) is 1.95. The van der Waals surface area contributed by atoms with Crippen molar-refractivity contribution in [2.75, 3.05) is 6.54 Å². The van der Waals surface area contributed by atoms with Crippen LogP contribution in [0.3, 0.4) is 0 Å². The van der Waals surface area contributed by atoms with E-state index in [0.29, 0.717) is 5.15 Å². The molecule has 1 aliphatic heterocycles. The fourth-order valence-corrected chi connectivity index (χ4v) is 2.18. The second-order valence-corrected chi connectivity index (χ2v) is 4.26. The van der Waals surface area contributed by atoms with Crippen LogP contribution in [0.1, 0.15) is 31.0 Å². The molecule has 1 aromatic rings. The quantitative estimate of drug-likeness (QED) is 0.722. The summed E-state index contributed by atoms with van der Waals surface area (Å²) in [6.45, 7) is 0.822. The molecule has 0 radical (unpaired) electrons. The van der Waals surface area contributed by atoms with Crippen molar-refractivity contribution in [2.45, 2.75) is 25.3 Å². The van der Waals surface area contributed by atoms with Gasteiger partial charge in [-0.3, -0.25) is 9.48 Å². The molecule has 4 nitrogen and oxygen atoms in total. The van der Waals surface area contributed by atoms with Crippen molar-refractivity contribution in [1.29, 1.82) is 0 Å². The maximum absolute atomic E-state index is 10.9. The number of carbonyl (C=O) groups excluding carboxylic acids is 1. The Hall–Kier alpha value is -1.03. The second kappa shape index (κ2) is 4.23. The van der Waals surface area contributed by atoms with Gasteiger partial charge in [-0.2, -0.15) is 5.10 Å². The van der Waals surface area contributed by atoms with Crippen LogP contribution in [0.15, 0.2) is 6.07 Å². The molecular formula is C10H14ClN3O. The number of carbonyl (C=O) groups is 1. The van der Waals surface area contributed by atoms with E-state index in [2.05, 4.69) is 5.10 Å². The van der Waals surface area contributed by atoms with Gasteiger partial charge >= 0.3 is 0 Å². The maximum atomic E-state index is 10.9. The highest BCUT2D eigenvalue weighted by atomic mass is 35.5. The first-order valence-electron chi connectivity index (χ1n) is 5.13. The number of halogens is 1. The lowest BCUT2D eigenvalue weighted by Gasteiger charge is -2.31. The maximum Gasteiger partial charge on any atom is 0.210 e. The highest BCUT2D eigenvalue weighted by Gasteiger charge is 2.25. The lowest BCUT2D eigenvalue weighted by molar-refractivity contribution is -0.121. The SMILES string of the molecule is Cn1nc([C@@H]2CCCCN2C=O)cc1Cl. The van der Waals surface area contributed by atoms with Crippen molar-refractivity contribution < 1.29 is 4.79 Å². The zero-order valence-electron chi connectivity index (χ0n) is 8.69. The molecule has 2 rings (SSSR count). The summed E-state index contributed by atoms with van der Waals surface area (Å²) >= 11 is 5.93. The Morgan fingerprint density at radius 1 is 1.60 bits per heavy atom. The third-order valence-electron chi connectivity index (χ3n) is 2.86. The minimum atomic E-state index is 0.106. The minimum Gasteiger partial charge on any atom is -0.337 e. The zero-order valence-corrected chi connectivity index (χ0v) is 9.44. The number of likely N-dealkylation sites (tertiary alicyclic amines) is 1. The molecule has 0 aromatic carbocycles. The summed E-state index contributed by atoms with van der Waals surface area (Å²) < 4.78 is 1.63. The fourth-order valence-electron chi connectivity index (χ4n) is 2.03. The van der Waals surface area contributed by atoms with Crippen LogP contribution >= 0.6 is 11.6 Å². The van der Waals surface area contributed by atoms with Crippen LogP contribution in [-0.2, 0) is 11.8 Å². The number of rotatable bonds is 2. The molecule has 1 aliphatic rings. The number of aromatic nitrogens is 2. The molecule has 2 heterocycles. The van der Waals surface area contributed by atoms with Crippen molar-refractivity contribution in [2.24, 2.45) is 7.05 Å². The van der Waals surface area contributed by atoms with Crippen LogP contribution in [0.25, 0.3) is 0 Å². The highest BCUT2D eigenvalue weighted by Crippen LogP contribution is 2.29. The van der Waals surface area contributed by atoms with E-state index in [1.54, 1.807) is 11.7 Å². The molecule has 1 atom stereocenters. The Kier molecular flexibility index (Phi) is 2.95. The summed E-state index contributed by atoms with van der Waals surface area (Å²) in [7, 11) is 1.81. The Morgan fingerprint density at radius 2 is 2.40 bits per heavy atom. The molecule has 0 unspecified atom stereocenters. The van der Waals surface area contributed by atoms with Crippen molar-refractivity contribution >= 4 is 18.0 Å². The van der Waals surface area contributed by atoms with E-state index >= 15 is 0 Å². The average molecular weight is 228 g/mol. The van der Waals surface area contributed by atoms with E-state index in [1.807, 2.05) is 11.0 Å². The predicted molar refractivity (Wildman–Crippen MR) is 57.6 cm³/mol. The minimum absolute atomic E-state index is 0.106. The average Bonchev–Trinajstić information content (AvgIpc) is 2.59. The summed E-state index contributed by atoms with van der Waals surface area (Å²) in [5, 5.41) is 4.93. The molecule has 0 spiro atoms.